The molecule has 0 saturated carbocycles. The lowest BCUT2D eigenvalue weighted by atomic mass is 10.0. The standard InChI is InChI=1S/C29H34N8O7S2/c1-19-9-13-22(14-10-19)45(41,42)35-29(40)33-24(18-20-6-3-2-4-7-20)27(39)37-17-5-8-25(37)26(38)32-21-11-15-23(16-12-21)46(43,44)36-34-28(30)31/h2-4,6-7,9-16,24-25,36H,5,8,17-18H2,1H3,(H,32,38)(H4,30,31,34)(H2,33,35,40)/t24-,25+/m1/s1. The Hall–Kier alpha value is -5.16. The first kappa shape index (κ1) is 33.7. The Kier molecular flexibility index (Phi) is 10.5. The van der Waals surface area contributed by atoms with Gasteiger partial charge in [0.15, 0.2) is 0 Å². The number of benzene rings is 3. The maximum absolute atomic E-state index is 13.8. The third-order valence-electron chi connectivity index (χ3n) is 7.01. The molecule has 0 aromatic heterocycles. The molecule has 1 fully saturated rings. The van der Waals surface area contributed by atoms with E-state index in [1.165, 1.54) is 41.3 Å². The Morgan fingerprint density at radius 1 is 0.891 bits per heavy atom. The molecule has 1 saturated heterocycles. The molecular formula is C29H34N8O7S2. The van der Waals surface area contributed by atoms with Gasteiger partial charge < -0.3 is 27.0 Å². The van der Waals surface area contributed by atoms with Gasteiger partial charge in [-0.1, -0.05) is 48.0 Å². The van der Waals surface area contributed by atoms with Gasteiger partial charge >= 0.3 is 6.03 Å². The number of amides is 4. The number of nitrogens with one attached hydrogen (secondary N) is 4. The molecule has 8 N–H and O–H groups in total. The summed E-state index contributed by atoms with van der Waals surface area (Å²) in [5.74, 6) is -1.57. The van der Waals surface area contributed by atoms with Crippen molar-refractivity contribution in [2.75, 3.05) is 11.9 Å². The van der Waals surface area contributed by atoms with E-state index >= 15 is 0 Å². The highest BCUT2D eigenvalue weighted by molar-refractivity contribution is 7.90. The summed E-state index contributed by atoms with van der Waals surface area (Å²) in [6, 6.07) is 16.7. The molecule has 0 spiro atoms. The van der Waals surface area contributed by atoms with Gasteiger partial charge in [-0.3, -0.25) is 9.59 Å². The number of likely N-dealkylation sites (tertiary alicyclic amines) is 1. The number of carbonyl (C=O) groups is 3. The molecule has 1 heterocycles. The van der Waals surface area contributed by atoms with Crippen LogP contribution in [0.4, 0.5) is 10.5 Å². The number of guanidine groups is 1. The zero-order valence-electron chi connectivity index (χ0n) is 24.7. The van der Waals surface area contributed by atoms with Crippen molar-refractivity contribution in [3.63, 3.8) is 0 Å². The van der Waals surface area contributed by atoms with Crippen LogP contribution in [-0.4, -0.2) is 64.2 Å². The van der Waals surface area contributed by atoms with E-state index < -0.39 is 55.9 Å². The van der Waals surface area contributed by atoms with Crippen LogP contribution in [0.25, 0.3) is 0 Å². The molecule has 244 valence electrons. The number of nitrogens with two attached hydrogens (primary N) is 2. The summed E-state index contributed by atoms with van der Waals surface area (Å²) in [7, 11) is -8.28. The fraction of sp³-hybridized carbons (Fsp3) is 0.241. The number of hydrogen-bond donors (Lipinski definition) is 6. The van der Waals surface area contributed by atoms with E-state index in [4.69, 9.17) is 11.5 Å². The predicted octanol–water partition coefficient (Wildman–Crippen LogP) is 0.691. The zero-order valence-corrected chi connectivity index (χ0v) is 26.3. The quantitative estimate of drug-likeness (QED) is 0.0955. The van der Waals surface area contributed by atoms with Gasteiger partial charge in [0.25, 0.3) is 20.0 Å². The molecule has 3 aromatic rings. The highest BCUT2D eigenvalue weighted by Gasteiger charge is 2.38. The second kappa shape index (κ2) is 14.3. The minimum atomic E-state index is -4.23. The Morgan fingerprint density at radius 2 is 1.50 bits per heavy atom. The Balaban J connectivity index is 1.48. The molecule has 0 radical (unpaired) electrons. The summed E-state index contributed by atoms with van der Waals surface area (Å²) < 4.78 is 52.2. The first-order valence-electron chi connectivity index (χ1n) is 14.0. The van der Waals surface area contributed by atoms with Gasteiger partial charge in [0.2, 0.25) is 17.8 Å². The van der Waals surface area contributed by atoms with E-state index in [0.29, 0.717) is 18.4 Å². The van der Waals surface area contributed by atoms with Crippen molar-refractivity contribution < 1.29 is 31.2 Å². The van der Waals surface area contributed by atoms with E-state index in [1.807, 2.05) is 9.55 Å². The van der Waals surface area contributed by atoms with Gasteiger partial charge in [-0.15, -0.1) is 5.10 Å². The van der Waals surface area contributed by atoms with E-state index in [-0.39, 0.29) is 28.4 Å². The number of nitrogens with zero attached hydrogens (tertiary/aromatic N) is 2. The minimum absolute atomic E-state index is 0.0341. The van der Waals surface area contributed by atoms with Gasteiger partial charge in [-0.25, -0.2) is 17.9 Å². The Labute approximate surface area is 266 Å². The summed E-state index contributed by atoms with van der Waals surface area (Å²) in [5, 5.41) is 8.45. The normalized spacial score (nSPS) is 15.3. The lowest BCUT2D eigenvalue weighted by Crippen LogP contribution is -2.55. The predicted molar refractivity (Wildman–Crippen MR) is 170 cm³/mol. The summed E-state index contributed by atoms with van der Waals surface area (Å²) in [4.78, 5) is 43.0. The van der Waals surface area contributed by atoms with Gasteiger partial charge in [-0.2, -0.15) is 13.2 Å². The maximum atomic E-state index is 13.8. The summed E-state index contributed by atoms with van der Waals surface area (Å²) in [5.41, 5.74) is 12.1. The number of carbonyl (C=O) groups excluding carboxylic acids is 3. The lowest BCUT2D eigenvalue weighted by Gasteiger charge is -2.29. The van der Waals surface area contributed by atoms with Crippen molar-refractivity contribution in [3.8, 4) is 0 Å². The van der Waals surface area contributed by atoms with E-state index in [9.17, 15) is 31.2 Å². The number of hydrazone groups is 1. The van der Waals surface area contributed by atoms with Crippen LogP contribution in [0.5, 0.6) is 0 Å². The first-order chi connectivity index (χ1) is 21.7. The van der Waals surface area contributed by atoms with Crippen LogP contribution in [0.3, 0.4) is 0 Å². The van der Waals surface area contributed by atoms with Gasteiger partial charge in [0.05, 0.1) is 9.79 Å². The topological polar surface area (TPSA) is 235 Å². The number of rotatable bonds is 11. The molecule has 4 rings (SSSR count). The van der Waals surface area contributed by atoms with Crippen molar-refractivity contribution in [1.29, 1.82) is 0 Å². The van der Waals surface area contributed by atoms with Crippen LogP contribution < -0.4 is 31.7 Å². The van der Waals surface area contributed by atoms with E-state index in [2.05, 4.69) is 15.7 Å². The van der Waals surface area contributed by atoms with Crippen LogP contribution in [0.1, 0.15) is 24.0 Å². The smallest absolute Gasteiger partial charge is 0.329 e. The van der Waals surface area contributed by atoms with Crippen LogP contribution in [0.15, 0.2) is 93.8 Å². The van der Waals surface area contributed by atoms with Gasteiger partial charge in [-0.05, 0) is 61.7 Å². The molecule has 0 aliphatic carbocycles. The number of sulfonamides is 2. The number of anilines is 1. The van der Waals surface area contributed by atoms with Crippen molar-refractivity contribution in [3.05, 3.63) is 90.0 Å². The highest BCUT2D eigenvalue weighted by Crippen LogP contribution is 2.22. The second-order valence-corrected chi connectivity index (χ2v) is 13.8. The average Bonchev–Trinajstić information content (AvgIpc) is 3.51. The average molecular weight is 671 g/mol. The Morgan fingerprint density at radius 3 is 2.13 bits per heavy atom. The minimum Gasteiger partial charge on any atom is -0.369 e. The third kappa shape index (κ3) is 8.72. The zero-order chi connectivity index (χ0) is 33.5. The van der Waals surface area contributed by atoms with Crippen molar-refractivity contribution in [1.82, 2.24) is 19.8 Å². The molecule has 0 unspecified atom stereocenters. The largest absolute Gasteiger partial charge is 0.369 e. The molecular weight excluding hydrogens is 637 g/mol. The van der Waals surface area contributed by atoms with Crippen LogP contribution in [-0.2, 0) is 36.1 Å². The fourth-order valence-corrected chi connectivity index (χ4v) is 6.49. The molecule has 4 amide bonds. The highest BCUT2D eigenvalue weighted by atomic mass is 32.2. The van der Waals surface area contributed by atoms with E-state index in [1.54, 1.807) is 49.4 Å². The second-order valence-electron chi connectivity index (χ2n) is 10.5. The molecule has 46 heavy (non-hydrogen) atoms. The van der Waals surface area contributed by atoms with Crippen molar-refractivity contribution in [2.45, 2.75) is 48.1 Å². The Bertz CT molecular complexity index is 1810. The van der Waals surface area contributed by atoms with E-state index in [0.717, 1.165) is 5.56 Å². The number of aryl methyl sites for hydroxylation is 1. The van der Waals surface area contributed by atoms with Crippen molar-refractivity contribution in [2.24, 2.45) is 16.6 Å². The molecule has 1 aliphatic heterocycles. The van der Waals surface area contributed by atoms with Gasteiger partial charge in [0, 0.05) is 18.7 Å². The fourth-order valence-electron chi connectivity index (χ4n) is 4.75. The third-order valence-corrected chi connectivity index (χ3v) is 9.58. The molecule has 3 aromatic carbocycles. The van der Waals surface area contributed by atoms with Crippen LogP contribution >= 0.6 is 0 Å². The van der Waals surface area contributed by atoms with Crippen LogP contribution in [0, 0.1) is 6.92 Å². The number of hydrogen-bond acceptors (Lipinski definition) is 8. The monoisotopic (exact) mass is 670 g/mol. The van der Waals surface area contributed by atoms with Crippen LogP contribution in [0.2, 0.25) is 0 Å². The number of urea groups is 1. The summed E-state index contributed by atoms with van der Waals surface area (Å²) in [6.45, 7) is 2.02. The molecule has 15 nitrogen and oxygen atoms in total. The molecule has 17 heteroatoms. The molecule has 1 aliphatic rings. The summed E-state index contributed by atoms with van der Waals surface area (Å²) >= 11 is 0. The maximum Gasteiger partial charge on any atom is 0.329 e. The first-order valence-corrected chi connectivity index (χ1v) is 17.0. The molecule has 0 bridgehead atoms. The van der Waals surface area contributed by atoms with Crippen molar-refractivity contribution >= 4 is 49.5 Å². The molecule has 2 atom stereocenters. The summed E-state index contributed by atoms with van der Waals surface area (Å²) in [6.07, 6.45) is 0.869. The SMILES string of the molecule is Cc1ccc(S(=O)(=O)NC(=O)N[C@H](Cc2ccccc2)C(=O)N2CCC[C@H]2C(=O)Nc2ccc(S(=O)(=O)NN=C(N)N)cc2)cc1. The lowest BCUT2D eigenvalue weighted by molar-refractivity contribution is -0.138. The van der Waals surface area contributed by atoms with Gasteiger partial charge in [0.1, 0.15) is 12.1 Å².